The summed E-state index contributed by atoms with van der Waals surface area (Å²) < 4.78 is 31.1. The van der Waals surface area contributed by atoms with Gasteiger partial charge in [-0.1, -0.05) is 18.2 Å². The molecule has 0 aromatic heterocycles. The molecule has 1 aliphatic heterocycles. The molecule has 1 amide bonds. The molecule has 7 nitrogen and oxygen atoms in total. The van der Waals surface area contributed by atoms with E-state index in [0.29, 0.717) is 11.4 Å². The Bertz CT molecular complexity index is 957. The second-order valence-corrected chi connectivity index (χ2v) is 8.65. The summed E-state index contributed by atoms with van der Waals surface area (Å²) in [5.74, 6) is 0.173. The Morgan fingerprint density at radius 3 is 2.67 bits per heavy atom. The van der Waals surface area contributed by atoms with Crippen LogP contribution in [0, 0.1) is 0 Å². The van der Waals surface area contributed by atoms with E-state index >= 15 is 0 Å². The maximum absolute atomic E-state index is 12.6. The number of hydrogen-bond donors (Lipinski definition) is 1. The van der Waals surface area contributed by atoms with Crippen molar-refractivity contribution in [2.24, 2.45) is 0 Å². The quantitative estimate of drug-likeness (QED) is 0.817. The maximum atomic E-state index is 12.6. The number of carbonyl (C=O) groups is 1. The van der Waals surface area contributed by atoms with Gasteiger partial charge in [-0.05, 0) is 36.2 Å². The normalized spacial score (nSPS) is 13.6. The van der Waals surface area contributed by atoms with Crippen LogP contribution in [-0.4, -0.2) is 52.9 Å². The molecule has 0 unspecified atom stereocenters. The SMILES string of the molecule is COc1ccc(S(=O)(=O)N(C)C)cc1NC(=O)CN1CCc2ccccc21. The molecule has 0 radical (unpaired) electrons. The van der Waals surface area contributed by atoms with Gasteiger partial charge in [0.25, 0.3) is 0 Å². The van der Waals surface area contributed by atoms with E-state index < -0.39 is 10.0 Å². The van der Waals surface area contributed by atoms with Gasteiger partial charge in [0.05, 0.1) is 24.2 Å². The summed E-state index contributed by atoms with van der Waals surface area (Å²) in [4.78, 5) is 14.7. The van der Waals surface area contributed by atoms with Crippen LogP contribution in [0.1, 0.15) is 5.56 Å². The van der Waals surface area contributed by atoms with Gasteiger partial charge in [-0.25, -0.2) is 12.7 Å². The van der Waals surface area contributed by atoms with Crippen molar-refractivity contribution in [3.8, 4) is 5.75 Å². The molecule has 0 spiro atoms. The number of nitrogens with zero attached hydrogens (tertiary/aromatic N) is 2. The van der Waals surface area contributed by atoms with E-state index in [0.717, 1.165) is 23.0 Å². The van der Waals surface area contributed by atoms with Gasteiger partial charge in [0.2, 0.25) is 15.9 Å². The molecule has 0 fully saturated rings. The molecule has 2 aromatic carbocycles. The van der Waals surface area contributed by atoms with Crippen LogP contribution < -0.4 is 15.0 Å². The number of anilines is 2. The van der Waals surface area contributed by atoms with Crippen LogP contribution >= 0.6 is 0 Å². The summed E-state index contributed by atoms with van der Waals surface area (Å²) in [5, 5.41) is 2.78. The van der Waals surface area contributed by atoms with Crippen molar-refractivity contribution >= 4 is 27.3 Å². The van der Waals surface area contributed by atoms with Crippen LogP contribution in [0.2, 0.25) is 0 Å². The number of carbonyl (C=O) groups excluding carboxylic acids is 1. The number of methoxy groups -OCH3 is 1. The molecular weight excluding hydrogens is 366 g/mol. The highest BCUT2D eigenvalue weighted by molar-refractivity contribution is 7.89. The number of ether oxygens (including phenoxy) is 1. The van der Waals surface area contributed by atoms with Crippen molar-refractivity contribution < 1.29 is 17.9 Å². The van der Waals surface area contributed by atoms with Gasteiger partial charge in [-0.2, -0.15) is 0 Å². The molecule has 0 aliphatic carbocycles. The third-order valence-corrected chi connectivity index (χ3v) is 6.35. The highest BCUT2D eigenvalue weighted by Crippen LogP contribution is 2.30. The molecule has 144 valence electrons. The number of rotatable bonds is 6. The van der Waals surface area contributed by atoms with Gasteiger partial charge < -0.3 is 15.0 Å². The Labute approximate surface area is 159 Å². The Kier molecular flexibility index (Phi) is 5.38. The fourth-order valence-electron chi connectivity index (χ4n) is 3.09. The first-order chi connectivity index (χ1) is 12.8. The van der Waals surface area contributed by atoms with Crippen molar-refractivity contribution in [3.05, 3.63) is 48.0 Å². The Morgan fingerprint density at radius 2 is 1.96 bits per heavy atom. The van der Waals surface area contributed by atoms with Crippen LogP contribution in [-0.2, 0) is 21.2 Å². The lowest BCUT2D eigenvalue weighted by molar-refractivity contribution is -0.115. The molecule has 8 heteroatoms. The van der Waals surface area contributed by atoms with Gasteiger partial charge in [0.15, 0.2) is 0 Å². The molecule has 1 N–H and O–H groups in total. The topological polar surface area (TPSA) is 79.0 Å². The largest absolute Gasteiger partial charge is 0.495 e. The van der Waals surface area contributed by atoms with Crippen LogP contribution in [0.4, 0.5) is 11.4 Å². The lowest BCUT2D eigenvalue weighted by Gasteiger charge is -2.20. The van der Waals surface area contributed by atoms with Crippen molar-refractivity contribution in [1.82, 2.24) is 4.31 Å². The third kappa shape index (κ3) is 3.91. The molecule has 0 saturated heterocycles. The van der Waals surface area contributed by atoms with Crippen molar-refractivity contribution in [2.45, 2.75) is 11.3 Å². The Hall–Kier alpha value is -2.58. The highest BCUT2D eigenvalue weighted by atomic mass is 32.2. The zero-order valence-electron chi connectivity index (χ0n) is 15.6. The van der Waals surface area contributed by atoms with E-state index in [4.69, 9.17) is 4.74 Å². The van der Waals surface area contributed by atoms with E-state index in [1.807, 2.05) is 23.1 Å². The zero-order chi connectivity index (χ0) is 19.6. The molecule has 0 saturated carbocycles. The fourth-order valence-corrected chi connectivity index (χ4v) is 4.02. The fraction of sp³-hybridized carbons (Fsp3) is 0.316. The van der Waals surface area contributed by atoms with Crippen LogP contribution in [0.5, 0.6) is 5.75 Å². The van der Waals surface area contributed by atoms with Crippen molar-refractivity contribution in [2.75, 3.05) is 44.5 Å². The van der Waals surface area contributed by atoms with Gasteiger partial charge in [0.1, 0.15) is 5.75 Å². The first-order valence-corrected chi connectivity index (χ1v) is 10.00. The minimum atomic E-state index is -3.61. The second-order valence-electron chi connectivity index (χ2n) is 6.50. The Balaban J connectivity index is 1.79. The number of hydrogen-bond acceptors (Lipinski definition) is 5. The zero-order valence-corrected chi connectivity index (χ0v) is 16.4. The first kappa shape index (κ1) is 19.2. The maximum Gasteiger partial charge on any atom is 0.243 e. The van der Waals surface area contributed by atoms with Crippen LogP contribution in [0.3, 0.4) is 0 Å². The lowest BCUT2D eigenvalue weighted by atomic mass is 10.2. The predicted molar refractivity (Wildman–Crippen MR) is 105 cm³/mol. The number of sulfonamides is 1. The molecule has 0 atom stereocenters. The molecule has 3 rings (SSSR count). The van der Waals surface area contributed by atoms with Gasteiger partial charge in [-0.15, -0.1) is 0 Å². The summed E-state index contributed by atoms with van der Waals surface area (Å²) in [6, 6.07) is 12.4. The summed E-state index contributed by atoms with van der Waals surface area (Å²) >= 11 is 0. The van der Waals surface area contributed by atoms with E-state index in [1.54, 1.807) is 0 Å². The van der Waals surface area contributed by atoms with Crippen molar-refractivity contribution in [3.63, 3.8) is 0 Å². The minimum Gasteiger partial charge on any atom is -0.495 e. The Morgan fingerprint density at radius 1 is 1.22 bits per heavy atom. The molecule has 1 heterocycles. The van der Waals surface area contributed by atoms with Gasteiger partial charge >= 0.3 is 0 Å². The predicted octanol–water partition coefficient (Wildman–Crippen LogP) is 1.95. The standard InChI is InChI=1S/C19H23N3O4S/c1-21(2)27(24,25)15-8-9-18(26-3)16(12-15)20-19(23)13-22-11-10-14-6-4-5-7-17(14)22/h4-9,12H,10-11,13H2,1-3H3,(H,20,23). The second kappa shape index (κ2) is 7.58. The average Bonchev–Trinajstić information content (AvgIpc) is 3.04. The number of benzene rings is 2. The van der Waals surface area contributed by atoms with E-state index in [-0.39, 0.29) is 17.3 Å². The summed E-state index contributed by atoms with van der Waals surface area (Å²) in [6.45, 7) is 0.962. The average molecular weight is 389 g/mol. The summed E-state index contributed by atoms with van der Waals surface area (Å²) in [6.07, 6.45) is 0.906. The summed E-state index contributed by atoms with van der Waals surface area (Å²) in [5.41, 5.74) is 2.61. The molecule has 2 aromatic rings. The van der Waals surface area contributed by atoms with E-state index in [1.165, 1.54) is 45.0 Å². The first-order valence-electron chi connectivity index (χ1n) is 8.56. The smallest absolute Gasteiger partial charge is 0.243 e. The number of nitrogens with one attached hydrogen (secondary N) is 1. The van der Waals surface area contributed by atoms with Crippen LogP contribution in [0.15, 0.2) is 47.4 Å². The lowest BCUT2D eigenvalue weighted by Crippen LogP contribution is -2.32. The highest BCUT2D eigenvalue weighted by Gasteiger charge is 2.22. The number of para-hydroxylation sites is 1. The minimum absolute atomic E-state index is 0.0927. The number of amides is 1. The third-order valence-electron chi connectivity index (χ3n) is 4.54. The molecule has 27 heavy (non-hydrogen) atoms. The van der Waals surface area contributed by atoms with E-state index in [9.17, 15) is 13.2 Å². The van der Waals surface area contributed by atoms with Crippen LogP contribution in [0.25, 0.3) is 0 Å². The molecule has 1 aliphatic rings. The molecule has 0 bridgehead atoms. The van der Waals surface area contributed by atoms with E-state index in [2.05, 4.69) is 11.4 Å². The monoisotopic (exact) mass is 389 g/mol. The summed E-state index contributed by atoms with van der Waals surface area (Å²) in [7, 11) is 0.789. The molecular formula is C19H23N3O4S. The number of fused-ring (bicyclic) bond motifs is 1. The van der Waals surface area contributed by atoms with Gasteiger partial charge in [-0.3, -0.25) is 4.79 Å². The van der Waals surface area contributed by atoms with Crippen molar-refractivity contribution in [1.29, 1.82) is 0 Å². The van der Waals surface area contributed by atoms with Gasteiger partial charge in [0, 0.05) is 26.3 Å².